The van der Waals surface area contributed by atoms with Gasteiger partial charge in [0.15, 0.2) is 0 Å². The van der Waals surface area contributed by atoms with Gasteiger partial charge in [0.1, 0.15) is 0 Å². The highest BCUT2D eigenvalue weighted by molar-refractivity contribution is 7.92. The van der Waals surface area contributed by atoms with E-state index in [0.717, 1.165) is 11.1 Å². The van der Waals surface area contributed by atoms with Gasteiger partial charge < -0.3 is 5.11 Å². The van der Waals surface area contributed by atoms with Gasteiger partial charge in [-0.15, -0.1) is 0 Å². The van der Waals surface area contributed by atoms with Crippen LogP contribution in [0.1, 0.15) is 17.5 Å². The molecule has 2 N–H and O–H groups in total. The van der Waals surface area contributed by atoms with Crippen LogP contribution in [0.5, 0.6) is 0 Å². The first-order valence-electron chi connectivity index (χ1n) is 5.13. The molecule has 0 atom stereocenters. The monoisotopic (exact) mass is 243 g/mol. The number of rotatable bonds is 5. The molecular formula is C11H17NO3S. The summed E-state index contributed by atoms with van der Waals surface area (Å²) in [6, 6.07) is 5.53. The number of nitrogens with one attached hydrogen (secondary N) is 1. The zero-order chi connectivity index (χ0) is 12.2. The molecule has 0 radical (unpaired) electrons. The van der Waals surface area contributed by atoms with Gasteiger partial charge >= 0.3 is 0 Å². The molecular weight excluding hydrogens is 226 g/mol. The van der Waals surface area contributed by atoms with Gasteiger partial charge in [0.25, 0.3) is 0 Å². The lowest BCUT2D eigenvalue weighted by atomic mass is 10.1. The maximum atomic E-state index is 11.6. The van der Waals surface area contributed by atoms with Crippen LogP contribution >= 0.6 is 0 Å². The predicted octanol–water partition coefficient (Wildman–Crippen LogP) is 1.43. The number of sulfonamides is 1. The lowest BCUT2D eigenvalue weighted by molar-refractivity contribution is 0.295. The molecule has 0 spiro atoms. The van der Waals surface area contributed by atoms with Crippen LogP contribution in [0.2, 0.25) is 0 Å². The maximum Gasteiger partial charge on any atom is 0.232 e. The van der Waals surface area contributed by atoms with E-state index in [1.54, 1.807) is 6.07 Å². The van der Waals surface area contributed by atoms with E-state index in [9.17, 15) is 8.42 Å². The number of anilines is 1. The zero-order valence-electron chi connectivity index (χ0n) is 9.53. The van der Waals surface area contributed by atoms with Gasteiger partial charge in [-0.3, -0.25) is 4.72 Å². The van der Waals surface area contributed by atoms with Crippen molar-refractivity contribution < 1.29 is 13.5 Å². The van der Waals surface area contributed by atoms with E-state index >= 15 is 0 Å². The SMILES string of the molecule is Cc1ccc(NS(=O)(=O)CCCO)c(C)c1. The van der Waals surface area contributed by atoms with E-state index in [4.69, 9.17) is 5.11 Å². The summed E-state index contributed by atoms with van der Waals surface area (Å²) in [5.74, 6) is -0.0587. The minimum Gasteiger partial charge on any atom is -0.396 e. The first kappa shape index (κ1) is 13.0. The second-order valence-corrected chi connectivity index (χ2v) is 5.66. The molecule has 4 nitrogen and oxygen atoms in total. The fourth-order valence-corrected chi connectivity index (χ4v) is 2.58. The van der Waals surface area contributed by atoms with Gasteiger partial charge in [-0.05, 0) is 31.9 Å². The van der Waals surface area contributed by atoms with Gasteiger partial charge in [-0.1, -0.05) is 17.7 Å². The average molecular weight is 243 g/mol. The van der Waals surface area contributed by atoms with Crippen molar-refractivity contribution in [3.8, 4) is 0 Å². The van der Waals surface area contributed by atoms with Crippen LogP contribution in [0.15, 0.2) is 18.2 Å². The summed E-state index contributed by atoms with van der Waals surface area (Å²) in [5, 5.41) is 8.59. The number of hydrogen-bond donors (Lipinski definition) is 2. The Balaban J connectivity index is 2.80. The highest BCUT2D eigenvalue weighted by Gasteiger charge is 2.10. The van der Waals surface area contributed by atoms with E-state index in [0.29, 0.717) is 5.69 Å². The molecule has 90 valence electrons. The summed E-state index contributed by atoms with van der Waals surface area (Å²) in [6.07, 6.45) is 0.250. The Morgan fingerprint density at radius 2 is 2.00 bits per heavy atom. The van der Waals surface area contributed by atoms with Gasteiger partial charge in [-0.25, -0.2) is 8.42 Å². The highest BCUT2D eigenvalue weighted by atomic mass is 32.2. The average Bonchev–Trinajstić information content (AvgIpc) is 2.19. The maximum absolute atomic E-state index is 11.6. The summed E-state index contributed by atoms with van der Waals surface area (Å²) in [7, 11) is -3.34. The third kappa shape index (κ3) is 3.83. The Bertz CT molecular complexity index is 454. The number of hydrogen-bond acceptors (Lipinski definition) is 3. The highest BCUT2D eigenvalue weighted by Crippen LogP contribution is 2.17. The molecule has 0 saturated heterocycles. The van der Waals surface area contributed by atoms with Crippen LogP contribution < -0.4 is 4.72 Å². The van der Waals surface area contributed by atoms with E-state index in [2.05, 4.69) is 4.72 Å². The molecule has 0 aliphatic heterocycles. The number of aliphatic hydroxyl groups is 1. The van der Waals surface area contributed by atoms with Crippen LogP contribution in [-0.4, -0.2) is 25.9 Å². The van der Waals surface area contributed by atoms with Crippen molar-refractivity contribution in [2.45, 2.75) is 20.3 Å². The molecule has 0 aliphatic rings. The van der Waals surface area contributed by atoms with Gasteiger partial charge in [0, 0.05) is 6.61 Å². The van der Waals surface area contributed by atoms with Crippen molar-refractivity contribution in [3.05, 3.63) is 29.3 Å². The van der Waals surface area contributed by atoms with Crippen LogP contribution in [0.4, 0.5) is 5.69 Å². The van der Waals surface area contributed by atoms with Crippen molar-refractivity contribution in [2.75, 3.05) is 17.1 Å². The standard InChI is InChI=1S/C11H17NO3S/c1-9-4-5-11(10(2)8-9)12-16(14,15)7-3-6-13/h4-5,8,12-13H,3,6-7H2,1-2H3. The predicted molar refractivity (Wildman–Crippen MR) is 65.0 cm³/mol. The Morgan fingerprint density at radius 1 is 1.31 bits per heavy atom. The minimum atomic E-state index is -3.34. The molecule has 1 rings (SSSR count). The molecule has 0 aliphatic carbocycles. The molecule has 0 saturated carbocycles. The molecule has 0 fully saturated rings. The second-order valence-electron chi connectivity index (χ2n) is 3.82. The summed E-state index contributed by atoms with van der Waals surface area (Å²) < 4.78 is 25.7. The minimum absolute atomic E-state index is 0.0587. The van der Waals surface area contributed by atoms with Crippen molar-refractivity contribution in [3.63, 3.8) is 0 Å². The van der Waals surface area contributed by atoms with Gasteiger partial charge in [0.2, 0.25) is 10.0 Å². The second kappa shape index (κ2) is 5.32. The van der Waals surface area contributed by atoms with E-state index < -0.39 is 10.0 Å². The topological polar surface area (TPSA) is 66.4 Å². The molecule has 16 heavy (non-hydrogen) atoms. The summed E-state index contributed by atoms with van der Waals surface area (Å²) >= 11 is 0. The first-order chi connectivity index (χ1) is 7.44. The molecule has 0 heterocycles. The molecule has 0 amide bonds. The Morgan fingerprint density at radius 3 is 2.56 bits per heavy atom. The third-order valence-electron chi connectivity index (χ3n) is 2.22. The smallest absolute Gasteiger partial charge is 0.232 e. The normalized spacial score (nSPS) is 11.4. The Labute approximate surface area is 96.4 Å². The molecule has 1 aromatic carbocycles. The van der Waals surface area contributed by atoms with Crippen molar-refractivity contribution >= 4 is 15.7 Å². The van der Waals surface area contributed by atoms with Crippen molar-refractivity contribution in [1.29, 1.82) is 0 Å². The summed E-state index contributed by atoms with van der Waals surface area (Å²) in [4.78, 5) is 0. The van der Waals surface area contributed by atoms with Crippen molar-refractivity contribution in [1.82, 2.24) is 0 Å². The van der Waals surface area contributed by atoms with Crippen molar-refractivity contribution in [2.24, 2.45) is 0 Å². The van der Waals surface area contributed by atoms with E-state index in [1.165, 1.54) is 0 Å². The molecule has 1 aromatic rings. The molecule has 0 unspecified atom stereocenters. The first-order valence-corrected chi connectivity index (χ1v) is 6.78. The molecule has 0 bridgehead atoms. The van der Waals surface area contributed by atoms with E-state index in [-0.39, 0.29) is 18.8 Å². The summed E-state index contributed by atoms with van der Waals surface area (Å²) in [5.41, 5.74) is 2.59. The fraction of sp³-hybridized carbons (Fsp3) is 0.455. The quantitative estimate of drug-likeness (QED) is 0.822. The van der Waals surface area contributed by atoms with Crippen LogP contribution in [0.3, 0.4) is 0 Å². The number of benzene rings is 1. The number of aliphatic hydroxyl groups excluding tert-OH is 1. The number of aryl methyl sites for hydroxylation is 2. The molecule has 0 aromatic heterocycles. The lowest BCUT2D eigenvalue weighted by Crippen LogP contribution is -2.18. The van der Waals surface area contributed by atoms with Crippen LogP contribution in [0.25, 0.3) is 0 Å². The van der Waals surface area contributed by atoms with E-state index in [1.807, 2.05) is 26.0 Å². The lowest BCUT2D eigenvalue weighted by Gasteiger charge is -2.10. The van der Waals surface area contributed by atoms with Gasteiger partial charge in [0.05, 0.1) is 11.4 Å². The zero-order valence-corrected chi connectivity index (χ0v) is 10.3. The van der Waals surface area contributed by atoms with Crippen LogP contribution in [-0.2, 0) is 10.0 Å². The third-order valence-corrected chi connectivity index (χ3v) is 3.58. The van der Waals surface area contributed by atoms with Gasteiger partial charge in [-0.2, -0.15) is 0 Å². The fourth-order valence-electron chi connectivity index (χ4n) is 1.40. The van der Waals surface area contributed by atoms with Crippen LogP contribution in [0, 0.1) is 13.8 Å². The molecule has 5 heteroatoms. The summed E-state index contributed by atoms with van der Waals surface area (Å²) in [6.45, 7) is 3.70. The largest absolute Gasteiger partial charge is 0.396 e. The Kier molecular flexibility index (Phi) is 4.32. The Hall–Kier alpha value is -1.07.